The summed E-state index contributed by atoms with van der Waals surface area (Å²) in [6.45, 7) is 1.70. The number of amides is 1. The first-order valence-electron chi connectivity index (χ1n) is 6.51. The van der Waals surface area contributed by atoms with Crippen LogP contribution in [0, 0.1) is 5.92 Å². The lowest BCUT2D eigenvalue weighted by molar-refractivity contribution is -0.119. The smallest absolute Gasteiger partial charge is 0.238 e. The average molecular weight is 315 g/mol. The maximum Gasteiger partial charge on any atom is 0.238 e. The van der Waals surface area contributed by atoms with Gasteiger partial charge in [-0.1, -0.05) is 29.3 Å². The first-order chi connectivity index (χ1) is 9.60. The number of aldehydes is 1. The third-order valence-corrected chi connectivity index (χ3v) is 3.96. The minimum Gasteiger partial charge on any atom is -0.322 e. The summed E-state index contributed by atoms with van der Waals surface area (Å²) in [4.78, 5) is 24.8. The second-order valence-corrected chi connectivity index (χ2v) is 5.73. The highest BCUT2D eigenvalue weighted by Gasteiger charge is 2.21. The van der Waals surface area contributed by atoms with Crippen LogP contribution < -0.4 is 5.32 Å². The van der Waals surface area contributed by atoms with Crippen LogP contribution >= 0.6 is 23.2 Å². The normalized spacial score (nSPS) is 19.6. The Hall–Kier alpha value is -1.10. The highest BCUT2D eigenvalue weighted by Crippen LogP contribution is 2.29. The van der Waals surface area contributed by atoms with Gasteiger partial charge in [-0.3, -0.25) is 9.69 Å². The van der Waals surface area contributed by atoms with Crippen LogP contribution in [-0.2, 0) is 9.59 Å². The quantitative estimate of drug-likeness (QED) is 0.869. The maximum atomic E-state index is 12.0. The summed E-state index contributed by atoms with van der Waals surface area (Å²) in [5.74, 6) is -0.146. The molecule has 1 fully saturated rings. The Morgan fingerprint density at radius 2 is 2.10 bits per heavy atom. The van der Waals surface area contributed by atoms with E-state index in [1.165, 1.54) is 0 Å². The molecule has 0 aromatic heterocycles. The Bertz CT molecular complexity index is 488. The summed E-state index contributed by atoms with van der Waals surface area (Å²) in [7, 11) is 0. The molecule has 4 nitrogen and oxygen atoms in total. The van der Waals surface area contributed by atoms with E-state index in [2.05, 4.69) is 5.32 Å². The molecule has 1 amide bonds. The summed E-state index contributed by atoms with van der Waals surface area (Å²) in [5.41, 5.74) is 0.435. The number of hydrogen-bond acceptors (Lipinski definition) is 3. The summed E-state index contributed by atoms with van der Waals surface area (Å²) >= 11 is 12.0. The predicted octanol–water partition coefficient (Wildman–Crippen LogP) is 2.84. The molecule has 0 spiro atoms. The lowest BCUT2D eigenvalue weighted by Crippen LogP contribution is -2.40. The van der Waals surface area contributed by atoms with Crippen LogP contribution in [0.5, 0.6) is 0 Å². The molecule has 1 aromatic carbocycles. The van der Waals surface area contributed by atoms with Gasteiger partial charge in [-0.05, 0) is 31.5 Å². The van der Waals surface area contributed by atoms with Crippen molar-refractivity contribution in [1.82, 2.24) is 4.90 Å². The Balaban J connectivity index is 1.94. The van der Waals surface area contributed by atoms with Gasteiger partial charge in [-0.2, -0.15) is 0 Å². The van der Waals surface area contributed by atoms with Crippen molar-refractivity contribution in [3.63, 3.8) is 0 Å². The van der Waals surface area contributed by atoms with E-state index in [9.17, 15) is 9.59 Å². The highest BCUT2D eigenvalue weighted by molar-refractivity contribution is 6.39. The van der Waals surface area contributed by atoms with E-state index < -0.39 is 0 Å². The summed E-state index contributed by atoms with van der Waals surface area (Å²) < 4.78 is 0. The summed E-state index contributed by atoms with van der Waals surface area (Å²) in [6.07, 6.45) is 2.80. The number of carbonyl (C=O) groups excluding carboxylic acids is 2. The van der Waals surface area contributed by atoms with Crippen LogP contribution in [-0.4, -0.2) is 36.7 Å². The van der Waals surface area contributed by atoms with Crippen molar-refractivity contribution in [2.45, 2.75) is 12.8 Å². The van der Waals surface area contributed by atoms with Crippen molar-refractivity contribution in [3.05, 3.63) is 28.2 Å². The van der Waals surface area contributed by atoms with Crippen LogP contribution in [0.3, 0.4) is 0 Å². The van der Waals surface area contributed by atoms with Gasteiger partial charge in [0.2, 0.25) is 5.91 Å². The maximum absolute atomic E-state index is 12.0. The van der Waals surface area contributed by atoms with E-state index in [0.29, 0.717) is 22.3 Å². The molecule has 1 unspecified atom stereocenters. The Labute approximate surface area is 128 Å². The zero-order valence-electron chi connectivity index (χ0n) is 10.9. The van der Waals surface area contributed by atoms with E-state index in [0.717, 1.165) is 25.7 Å². The second-order valence-electron chi connectivity index (χ2n) is 4.92. The highest BCUT2D eigenvalue weighted by atomic mass is 35.5. The molecule has 0 bridgehead atoms. The number of carbonyl (C=O) groups is 2. The third-order valence-electron chi connectivity index (χ3n) is 3.33. The van der Waals surface area contributed by atoms with Gasteiger partial charge in [0.05, 0.1) is 22.3 Å². The lowest BCUT2D eigenvalue weighted by atomic mass is 10.00. The minimum absolute atomic E-state index is 0.0282. The van der Waals surface area contributed by atoms with Gasteiger partial charge in [0, 0.05) is 12.5 Å². The molecule has 1 aliphatic heterocycles. The lowest BCUT2D eigenvalue weighted by Gasteiger charge is -2.29. The van der Waals surface area contributed by atoms with Crippen molar-refractivity contribution in [2.24, 2.45) is 5.92 Å². The van der Waals surface area contributed by atoms with Crippen molar-refractivity contribution >= 4 is 41.1 Å². The van der Waals surface area contributed by atoms with E-state index in [4.69, 9.17) is 23.2 Å². The third kappa shape index (κ3) is 3.95. The van der Waals surface area contributed by atoms with E-state index in [1.54, 1.807) is 18.2 Å². The van der Waals surface area contributed by atoms with Crippen molar-refractivity contribution in [1.29, 1.82) is 0 Å². The first-order valence-corrected chi connectivity index (χ1v) is 7.27. The van der Waals surface area contributed by atoms with Gasteiger partial charge in [0.1, 0.15) is 6.29 Å². The molecule has 1 heterocycles. The molecule has 1 atom stereocenters. The van der Waals surface area contributed by atoms with Crippen molar-refractivity contribution in [2.75, 3.05) is 25.0 Å². The largest absolute Gasteiger partial charge is 0.322 e. The molecule has 108 valence electrons. The number of anilines is 1. The van der Waals surface area contributed by atoms with E-state index in [1.807, 2.05) is 4.90 Å². The molecule has 0 saturated carbocycles. The number of rotatable bonds is 4. The molecule has 0 aliphatic carbocycles. The van der Waals surface area contributed by atoms with Crippen molar-refractivity contribution in [3.8, 4) is 0 Å². The number of nitrogens with one attached hydrogen (secondary N) is 1. The second kappa shape index (κ2) is 7.07. The zero-order valence-corrected chi connectivity index (χ0v) is 12.5. The first kappa shape index (κ1) is 15.3. The molecule has 1 N–H and O–H groups in total. The van der Waals surface area contributed by atoms with Gasteiger partial charge < -0.3 is 10.1 Å². The van der Waals surface area contributed by atoms with Gasteiger partial charge in [0.15, 0.2) is 0 Å². The Morgan fingerprint density at radius 1 is 1.40 bits per heavy atom. The number of halogens is 2. The van der Waals surface area contributed by atoms with Gasteiger partial charge >= 0.3 is 0 Å². The SMILES string of the molecule is O=CC1CCCN(CC(=O)Nc2c(Cl)cccc2Cl)C1. The number of piperidine rings is 1. The van der Waals surface area contributed by atoms with Gasteiger partial charge in [-0.15, -0.1) is 0 Å². The van der Waals surface area contributed by atoms with Crippen LogP contribution in [0.25, 0.3) is 0 Å². The average Bonchev–Trinajstić information content (AvgIpc) is 2.43. The molecular weight excluding hydrogens is 299 g/mol. The van der Waals surface area contributed by atoms with Gasteiger partial charge in [-0.25, -0.2) is 0 Å². The van der Waals surface area contributed by atoms with Crippen LogP contribution in [0.15, 0.2) is 18.2 Å². The monoisotopic (exact) mass is 314 g/mol. The number of nitrogens with zero attached hydrogens (tertiary/aromatic N) is 1. The summed E-state index contributed by atoms with van der Waals surface area (Å²) in [6, 6.07) is 5.07. The van der Waals surface area contributed by atoms with Crippen molar-refractivity contribution < 1.29 is 9.59 Å². The zero-order chi connectivity index (χ0) is 14.5. The van der Waals surface area contributed by atoms with E-state index in [-0.39, 0.29) is 18.4 Å². The number of benzene rings is 1. The van der Waals surface area contributed by atoms with Crippen LogP contribution in [0.1, 0.15) is 12.8 Å². The van der Waals surface area contributed by atoms with Crippen LogP contribution in [0.2, 0.25) is 10.0 Å². The van der Waals surface area contributed by atoms with E-state index >= 15 is 0 Å². The fraction of sp³-hybridized carbons (Fsp3) is 0.429. The molecule has 2 rings (SSSR count). The fourth-order valence-electron chi connectivity index (χ4n) is 2.35. The Kier molecular flexibility index (Phi) is 5.40. The number of para-hydroxylation sites is 1. The minimum atomic E-state index is -0.174. The fourth-order valence-corrected chi connectivity index (χ4v) is 2.84. The molecule has 1 aliphatic rings. The van der Waals surface area contributed by atoms with Gasteiger partial charge in [0.25, 0.3) is 0 Å². The molecular formula is C14H16Cl2N2O2. The molecule has 1 aromatic rings. The molecule has 1 saturated heterocycles. The molecule has 0 radical (unpaired) electrons. The molecule has 6 heteroatoms. The molecule has 20 heavy (non-hydrogen) atoms. The number of likely N-dealkylation sites (tertiary alicyclic amines) is 1. The number of hydrogen-bond donors (Lipinski definition) is 1. The van der Waals surface area contributed by atoms with Crippen LogP contribution in [0.4, 0.5) is 5.69 Å². The Morgan fingerprint density at radius 3 is 2.75 bits per heavy atom. The summed E-state index contributed by atoms with van der Waals surface area (Å²) in [5, 5.41) is 3.55. The standard InChI is InChI=1S/C14H16Cl2N2O2/c15-11-4-1-5-12(16)14(11)17-13(20)8-18-6-2-3-10(7-18)9-19/h1,4-5,9-10H,2-3,6-8H2,(H,17,20). The predicted molar refractivity (Wildman–Crippen MR) is 80.3 cm³/mol. The topological polar surface area (TPSA) is 49.4 Å².